The normalized spacial score (nSPS) is 14.3. The van der Waals surface area contributed by atoms with Crippen molar-refractivity contribution in [2.24, 2.45) is 5.73 Å². The maximum atomic E-state index is 13.8. The highest BCUT2D eigenvalue weighted by Gasteiger charge is 2.22. The highest BCUT2D eigenvalue weighted by Crippen LogP contribution is 2.12. The minimum absolute atomic E-state index is 0.00478. The molecule has 6 heteroatoms. The zero-order chi connectivity index (χ0) is 14.5. The van der Waals surface area contributed by atoms with E-state index in [-0.39, 0.29) is 36.0 Å². The highest BCUT2D eigenvalue weighted by atomic mass is 19.1. The summed E-state index contributed by atoms with van der Waals surface area (Å²) in [5.41, 5.74) is 5.62. The van der Waals surface area contributed by atoms with Crippen molar-refractivity contribution in [2.75, 3.05) is 26.2 Å². The molecule has 1 aromatic rings. The van der Waals surface area contributed by atoms with Crippen molar-refractivity contribution in [3.8, 4) is 11.8 Å². The van der Waals surface area contributed by atoms with Gasteiger partial charge in [0.1, 0.15) is 5.82 Å². The minimum atomic E-state index is -0.571. The van der Waals surface area contributed by atoms with Crippen molar-refractivity contribution < 1.29 is 14.0 Å². The van der Waals surface area contributed by atoms with Crippen LogP contribution in [0.15, 0.2) is 18.2 Å². The first kappa shape index (κ1) is 14.0. The Bertz CT molecular complexity index is 604. The van der Waals surface area contributed by atoms with Crippen LogP contribution in [0.5, 0.6) is 0 Å². The van der Waals surface area contributed by atoms with E-state index in [1.807, 2.05) is 0 Å². The van der Waals surface area contributed by atoms with E-state index in [0.29, 0.717) is 13.1 Å². The van der Waals surface area contributed by atoms with Crippen LogP contribution in [-0.4, -0.2) is 42.9 Å². The van der Waals surface area contributed by atoms with Crippen molar-refractivity contribution in [3.63, 3.8) is 0 Å². The fraction of sp³-hybridized carbons (Fsp3) is 0.286. The number of piperazine rings is 1. The number of hydrogen-bond acceptors (Lipinski definition) is 3. The number of amides is 2. The molecule has 0 radical (unpaired) electrons. The lowest BCUT2D eigenvalue weighted by molar-refractivity contribution is -0.123. The number of carbonyl (C=O) groups excluding carboxylic acids is 2. The van der Waals surface area contributed by atoms with Crippen LogP contribution >= 0.6 is 0 Å². The van der Waals surface area contributed by atoms with Gasteiger partial charge < -0.3 is 16.0 Å². The molecule has 1 fully saturated rings. The van der Waals surface area contributed by atoms with Crippen LogP contribution in [0.4, 0.5) is 4.39 Å². The number of hydrogen-bond donors (Lipinski definition) is 2. The molecule has 5 nitrogen and oxygen atoms in total. The third kappa shape index (κ3) is 3.13. The quantitative estimate of drug-likeness (QED) is 0.691. The zero-order valence-corrected chi connectivity index (χ0v) is 10.8. The van der Waals surface area contributed by atoms with E-state index < -0.39 is 5.82 Å². The summed E-state index contributed by atoms with van der Waals surface area (Å²) in [7, 11) is 0. The van der Waals surface area contributed by atoms with Crippen molar-refractivity contribution >= 4 is 11.8 Å². The van der Waals surface area contributed by atoms with E-state index in [4.69, 9.17) is 5.73 Å². The van der Waals surface area contributed by atoms with Crippen LogP contribution in [0.2, 0.25) is 0 Å². The minimum Gasteiger partial charge on any atom is -0.353 e. The van der Waals surface area contributed by atoms with Crippen LogP contribution in [0.3, 0.4) is 0 Å². The van der Waals surface area contributed by atoms with Crippen molar-refractivity contribution in [1.29, 1.82) is 0 Å². The van der Waals surface area contributed by atoms with Gasteiger partial charge in [0.2, 0.25) is 5.91 Å². The monoisotopic (exact) mass is 275 g/mol. The standard InChI is InChI=1S/C14H14FN3O2/c15-12-8-11(4-3-10(12)2-1-5-16)14(20)18-7-6-17-13(19)9-18/h3-4,8H,5-7,9,16H2,(H,17,19). The first-order valence-corrected chi connectivity index (χ1v) is 6.16. The van der Waals surface area contributed by atoms with Gasteiger partial charge in [0.15, 0.2) is 0 Å². The van der Waals surface area contributed by atoms with Crippen molar-refractivity contribution in [1.82, 2.24) is 10.2 Å². The van der Waals surface area contributed by atoms with Gasteiger partial charge in [-0.15, -0.1) is 0 Å². The molecule has 0 aromatic heterocycles. The van der Waals surface area contributed by atoms with Gasteiger partial charge in [-0.2, -0.15) is 0 Å². The molecule has 2 amide bonds. The van der Waals surface area contributed by atoms with Gasteiger partial charge >= 0.3 is 0 Å². The molecule has 1 saturated heterocycles. The average Bonchev–Trinajstić information content (AvgIpc) is 2.45. The number of rotatable bonds is 1. The van der Waals surface area contributed by atoms with Gasteiger partial charge in [0, 0.05) is 18.7 Å². The first-order valence-electron chi connectivity index (χ1n) is 6.16. The summed E-state index contributed by atoms with van der Waals surface area (Å²) in [6.45, 7) is 0.965. The van der Waals surface area contributed by atoms with Crippen LogP contribution in [0.25, 0.3) is 0 Å². The summed E-state index contributed by atoms with van der Waals surface area (Å²) < 4.78 is 13.8. The van der Waals surface area contributed by atoms with E-state index in [1.54, 1.807) is 0 Å². The van der Waals surface area contributed by atoms with Crippen molar-refractivity contribution in [2.45, 2.75) is 0 Å². The fourth-order valence-corrected chi connectivity index (χ4v) is 1.89. The number of carbonyl (C=O) groups is 2. The van der Waals surface area contributed by atoms with E-state index in [1.165, 1.54) is 17.0 Å². The SMILES string of the molecule is NCC#Cc1ccc(C(=O)N2CCNC(=O)C2)cc1F. The van der Waals surface area contributed by atoms with E-state index in [9.17, 15) is 14.0 Å². The summed E-state index contributed by atoms with van der Waals surface area (Å²) in [5, 5.41) is 2.62. The van der Waals surface area contributed by atoms with E-state index >= 15 is 0 Å². The molecule has 0 bridgehead atoms. The molecule has 0 atom stereocenters. The molecule has 1 aromatic carbocycles. The van der Waals surface area contributed by atoms with E-state index in [2.05, 4.69) is 17.2 Å². The molecule has 1 aliphatic rings. The average molecular weight is 275 g/mol. The van der Waals surface area contributed by atoms with Crippen LogP contribution in [-0.2, 0) is 4.79 Å². The number of nitrogens with two attached hydrogens (primary N) is 1. The summed E-state index contributed by atoms with van der Waals surface area (Å²) in [4.78, 5) is 24.8. The lowest BCUT2D eigenvalue weighted by atomic mass is 10.1. The largest absolute Gasteiger partial charge is 0.353 e. The second-order valence-electron chi connectivity index (χ2n) is 4.28. The molecule has 0 spiro atoms. The lowest BCUT2D eigenvalue weighted by Gasteiger charge is -2.26. The molecular weight excluding hydrogens is 261 g/mol. The summed E-state index contributed by atoms with van der Waals surface area (Å²) in [6.07, 6.45) is 0. The Balaban J connectivity index is 2.18. The van der Waals surface area contributed by atoms with Gasteiger partial charge in [0.25, 0.3) is 5.91 Å². The molecule has 0 aliphatic carbocycles. The zero-order valence-electron chi connectivity index (χ0n) is 10.8. The number of nitrogens with zero attached hydrogens (tertiary/aromatic N) is 1. The summed E-state index contributed by atoms with van der Waals surface area (Å²) in [5.74, 6) is 3.99. The molecule has 0 unspecified atom stereocenters. The topological polar surface area (TPSA) is 75.4 Å². The maximum Gasteiger partial charge on any atom is 0.254 e. The second kappa shape index (κ2) is 6.17. The van der Waals surface area contributed by atoms with Crippen LogP contribution in [0.1, 0.15) is 15.9 Å². The van der Waals surface area contributed by atoms with Crippen molar-refractivity contribution in [3.05, 3.63) is 35.1 Å². The Morgan fingerprint density at radius 3 is 2.95 bits per heavy atom. The molecule has 104 valence electrons. The molecule has 1 heterocycles. The molecule has 3 N–H and O–H groups in total. The van der Waals surface area contributed by atoms with Crippen LogP contribution in [0, 0.1) is 17.7 Å². The molecular formula is C14H14FN3O2. The lowest BCUT2D eigenvalue weighted by Crippen LogP contribution is -2.49. The molecule has 20 heavy (non-hydrogen) atoms. The maximum absolute atomic E-state index is 13.8. The predicted octanol–water partition coefficient (Wildman–Crippen LogP) is -0.292. The number of nitrogens with one attached hydrogen (secondary N) is 1. The number of benzene rings is 1. The van der Waals surface area contributed by atoms with Gasteiger partial charge in [-0.1, -0.05) is 11.8 Å². The van der Waals surface area contributed by atoms with Gasteiger partial charge in [-0.3, -0.25) is 9.59 Å². The van der Waals surface area contributed by atoms with Gasteiger partial charge in [0.05, 0.1) is 18.7 Å². The Labute approximate surface area is 115 Å². The van der Waals surface area contributed by atoms with E-state index in [0.717, 1.165) is 6.07 Å². The summed E-state index contributed by atoms with van der Waals surface area (Å²) in [6, 6.07) is 4.07. The van der Waals surface area contributed by atoms with Gasteiger partial charge in [-0.25, -0.2) is 4.39 Å². The predicted molar refractivity (Wildman–Crippen MR) is 71.2 cm³/mol. The molecule has 2 rings (SSSR count). The smallest absolute Gasteiger partial charge is 0.254 e. The fourth-order valence-electron chi connectivity index (χ4n) is 1.89. The molecule has 1 aliphatic heterocycles. The summed E-state index contributed by atoms with van der Waals surface area (Å²) >= 11 is 0. The Kier molecular flexibility index (Phi) is 4.33. The Hall–Kier alpha value is -2.39. The first-order chi connectivity index (χ1) is 9.61. The third-order valence-corrected chi connectivity index (χ3v) is 2.87. The third-order valence-electron chi connectivity index (χ3n) is 2.87. The Morgan fingerprint density at radius 1 is 1.50 bits per heavy atom. The second-order valence-corrected chi connectivity index (χ2v) is 4.28. The molecule has 0 saturated carbocycles. The number of halogens is 1. The highest BCUT2D eigenvalue weighted by molar-refractivity contribution is 5.97. The van der Waals surface area contributed by atoms with Gasteiger partial charge in [-0.05, 0) is 18.2 Å². The Morgan fingerprint density at radius 2 is 2.30 bits per heavy atom. The van der Waals surface area contributed by atoms with Crippen LogP contribution < -0.4 is 11.1 Å².